The molecule has 0 aliphatic carbocycles. The smallest absolute Gasteiger partial charge is 0.356 e. The van der Waals surface area contributed by atoms with E-state index in [0.29, 0.717) is 0 Å². The van der Waals surface area contributed by atoms with E-state index in [1.54, 1.807) is 6.07 Å². The van der Waals surface area contributed by atoms with Crippen LogP contribution in [0, 0.1) is 11.3 Å². The molecule has 3 N–H and O–H groups in total. The molecule has 0 unspecified atom stereocenters. The summed E-state index contributed by atoms with van der Waals surface area (Å²) in [4.78, 5) is 17.6. The summed E-state index contributed by atoms with van der Waals surface area (Å²) >= 11 is 39.0. The molecular weight excluding hydrogens is 480 g/mol. The maximum absolute atomic E-state index is 10.5. The topological polar surface area (TPSA) is 113 Å². The Labute approximate surface area is 175 Å². The van der Waals surface area contributed by atoms with Crippen LogP contribution in [0.25, 0.3) is 0 Å². The number of nitrogens with two attached hydrogens (primary N) is 1. The van der Waals surface area contributed by atoms with Crippen molar-refractivity contribution < 1.29 is 9.90 Å². The Morgan fingerprint density at radius 2 is 1.40 bits per heavy atom. The van der Waals surface area contributed by atoms with E-state index < -0.39 is 11.7 Å². The molecule has 13 heteroatoms. The van der Waals surface area contributed by atoms with E-state index in [2.05, 4.69) is 9.97 Å². The monoisotopic (exact) mass is 480 g/mol. The second-order valence-electron chi connectivity index (χ2n) is 3.90. The van der Waals surface area contributed by atoms with Gasteiger partial charge in [-0.05, 0) is 0 Å². The largest absolute Gasteiger partial charge is 0.476 e. The lowest BCUT2D eigenvalue weighted by Crippen LogP contribution is -2.04. The number of nitrogen functional groups attached to an aromatic ring is 1. The number of rotatable bonds is 1. The Morgan fingerprint density at radius 3 is 1.88 bits per heavy atom. The molecule has 25 heavy (non-hydrogen) atoms. The lowest BCUT2D eigenvalue weighted by atomic mass is 10.3. The van der Waals surface area contributed by atoms with E-state index in [0.717, 1.165) is 0 Å². The van der Waals surface area contributed by atoms with Crippen molar-refractivity contribution in [1.82, 2.24) is 9.97 Å². The first-order chi connectivity index (χ1) is 11.5. The Hall–Kier alpha value is -0.910. The molecule has 0 saturated heterocycles. The predicted molar refractivity (Wildman–Crippen MR) is 99.6 cm³/mol. The Morgan fingerprint density at radius 1 is 0.880 bits per heavy atom. The molecule has 0 saturated carbocycles. The van der Waals surface area contributed by atoms with Crippen molar-refractivity contribution in [2.45, 2.75) is 0 Å². The third-order valence-corrected chi connectivity index (χ3v) is 5.18. The first-order valence-electron chi connectivity index (χ1n) is 5.66. The number of aromatic nitrogens is 2. The fourth-order valence-corrected chi connectivity index (χ4v) is 2.59. The molecule has 0 radical (unpaired) electrons. The lowest BCUT2D eigenvalue weighted by Gasteiger charge is -2.04. The van der Waals surface area contributed by atoms with Crippen LogP contribution in [-0.2, 0) is 0 Å². The predicted octanol–water partition coefficient (Wildman–Crippen LogP) is 5.89. The fraction of sp³-hybridized carbons (Fsp3) is 0. The first-order valence-corrected chi connectivity index (χ1v) is 8.30. The summed E-state index contributed by atoms with van der Waals surface area (Å²) in [7, 11) is 0. The molecule has 0 amide bonds. The van der Waals surface area contributed by atoms with Gasteiger partial charge in [-0.25, -0.2) is 14.8 Å². The lowest BCUT2D eigenvalue weighted by molar-refractivity contribution is 0.0691. The minimum atomic E-state index is -1.31. The number of anilines is 1. The molecule has 0 fully saturated rings. The highest BCUT2D eigenvalue weighted by atomic mass is 35.5. The van der Waals surface area contributed by atoms with Crippen LogP contribution < -0.4 is 5.73 Å². The van der Waals surface area contributed by atoms with Gasteiger partial charge in [0, 0.05) is 0 Å². The van der Waals surface area contributed by atoms with Gasteiger partial charge in [0.1, 0.15) is 11.1 Å². The van der Waals surface area contributed by atoms with E-state index in [-0.39, 0.29) is 46.8 Å². The third-order valence-electron chi connectivity index (χ3n) is 2.36. The quantitative estimate of drug-likeness (QED) is 0.489. The number of halogens is 7. The number of pyridine rings is 2. The average Bonchev–Trinajstić information content (AvgIpc) is 2.57. The minimum absolute atomic E-state index is 0.0218. The zero-order chi connectivity index (χ0) is 19.5. The van der Waals surface area contributed by atoms with Gasteiger partial charge < -0.3 is 10.8 Å². The summed E-state index contributed by atoms with van der Waals surface area (Å²) in [6.45, 7) is 0. The molecule has 0 spiro atoms. The maximum atomic E-state index is 10.5. The van der Waals surface area contributed by atoms with Crippen molar-refractivity contribution in [3.05, 3.63) is 46.8 Å². The fourth-order valence-electron chi connectivity index (χ4n) is 1.23. The van der Waals surface area contributed by atoms with Crippen LogP contribution in [0.1, 0.15) is 16.2 Å². The minimum Gasteiger partial charge on any atom is -0.476 e. The number of hydrogen-bond acceptors (Lipinski definition) is 5. The van der Waals surface area contributed by atoms with Gasteiger partial charge in [-0.15, -0.1) is 0 Å². The molecule has 0 aliphatic rings. The van der Waals surface area contributed by atoms with Crippen LogP contribution in [-0.4, -0.2) is 21.0 Å². The van der Waals surface area contributed by atoms with Crippen LogP contribution in [0.15, 0.2) is 0 Å². The number of hydrogen-bond donors (Lipinski definition) is 2. The summed E-state index contributed by atoms with van der Waals surface area (Å²) in [6, 6.07) is 1.73. The molecule has 2 aromatic heterocycles. The second kappa shape index (κ2) is 9.15. The average molecular weight is 483 g/mol. The van der Waals surface area contributed by atoms with Crippen LogP contribution in [0.3, 0.4) is 0 Å². The molecule has 2 rings (SSSR count). The summed E-state index contributed by atoms with van der Waals surface area (Å²) in [5.41, 5.74) is 4.85. The van der Waals surface area contributed by atoms with Crippen LogP contribution in [0.4, 0.5) is 5.69 Å². The summed E-state index contributed by atoms with van der Waals surface area (Å²) in [5, 5.41) is 16.8. The van der Waals surface area contributed by atoms with Gasteiger partial charge in [0.2, 0.25) is 0 Å². The molecule has 2 aromatic rings. The highest BCUT2D eigenvalue weighted by molar-refractivity contribution is 6.51. The standard InChI is InChI=1S/C6Cl4N2.C6H3Cl3N2O2/c7-3-2(1-11)12-6(10)5(9)4(3)8;7-1-3(10)2(8)5(9)11-4(1)6(12)13/h;(H2,10,11)(H,12,13). The summed E-state index contributed by atoms with van der Waals surface area (Å²) in [6.07, 6.45) is 0. The molecule has 6 nitrogen and oxygen atoms in total. The third kappa shape index (κ3) is 5.05. The molecule has 2 heterocycles. The zero-order valence-corrected chi connectivity index (χ0v) is 16.7. The number of carboxylic acid groups (broad SMARTS) is 1. The molecular formula is C12H3Cl7N4O2. The number of carboxylic acids is 1. The van der Waals surface area contributed by atoms with Crippen LogP contribution in [0.2, 0.25) is 35.4 Å². The van der Waals surface area contributed by atoms with Crippen molar-refractivity contribution in [2.75, 3.05) is 5.73 Å². The van der Waals surface area contributed by atoms with Gasteiger partial charge in [-0.2, -0.15) is 5.26 Å². The molecule has 0 bridgehead atoms. The molecule has 132 valence electrons. The molecule has 0 atom stereocenters. The summed E-state index contributed by atoms with van der Waals surface area (Å²) < 4.78 is 0. The van der Waals surface area contributed by atoms with Crippen molar-refractivity contribution in [3.8, 4) is 6.07 Å². The van der Waals surface area contributed by atoms with Crippen molar-refractivity contribution in [1.29, 1.82) is 5.26 Å². The Kier molecular flexibility index (Phi) is 8.10. The number of aromatic carboxylic acids is 1. The maximum Gasteiger partial charge on any atom is 0.356 e. The van der Waals surface area contributed by atoms with Gasteiger partial charge >= 0.3 is 5.97 Å². The first kappa shape index (κ1) is 22.1. The van der Waals surface area contributed by atoms with Crippen molar-refractivity contribution in [3.63, 3.8) is 0 Å². The highest BCUT2D eigenvalue weighted by Crippen LogP contribution is 2.36. The van der Waals surface area contributed by atoms with Crippen LogP contribution in [0.5, 0.6) is 0 Å². The van der Waals surface area contributed by atoms with E-state index in [1.165, 1.54) is 0 Å². The van der Waals surface area contributed by atoms with E-state index >= 15 is 0 Å². The van der Waals surface area contributed by atoms with Gasteiger partial charge in [0.05, 0.1) is 25.8 Å². The highest BCUT2D eigenvalue weighted by Gasteiger charge is 2.18. The van der Waals surface area contributed by atoms with Crippen molar-refractivity contribution >= 4 is 92.9 Å². The van der Waals surface area contributed by atoms with Gasteiger partial charge in [-0.1, -0.05) is 81.2 Å². The SMILES string of the molecule is N#Cc1nc(Cl)c(Cl)c(Cl)c1Cl.Nc1c(Cl)c(Cl)nc(C(=O)O)c1Cl. The van der Waals surface area contributed by atoms with Gasteiger partial charge in [0.15, 0.2) is 21.7 Å². The van der Waals surface area contributed by atoms with Gasteiger partial charge in [-0.3, -0.25) is 0 Å². The van der Waals surface area contributed by atoms with Gasteiger partial charge in [0.25, 0.3) is 0 Å². The zero-order valence-electron chi connectivity index (χ0n) is 11.4. The van der Waals surface area contributed by atoms with Crippen LogP contribution >= 0.6 is 81.2 Å². The number of carbonyl (C=O) groups is 1. The second-order valence-corrected chi connectivity index (χ2v) is 6.51. The summed E-state index contributed by atoms with van der Waals surface area (Å²) in [5.74, 6) is -1.31. The Balaban J connectivity index is 0.000000251. The molecule has 0 aromatic carbocycles. The Bertz CT molecular complexity index is 898. The van der Waals surface area contributed by atoms with E-state index in [1.807, 2.05) is 0 Å². The normalized spacial score (nSPS) is 9.84. The van der Waals surface area contributed by atoms with E-state index in [4.69, 9.17) is 97.3 Å². The number of nitrogens with zero attached hydrogens (tertiary/aromatic N) is 3. The van der Waals surface area contributed by atoms with Crippen molar-refractivity contribution in [2.24, 2.45) is 0 Å². The molecule has 0 aliphatic heterocycles. The van der Waals surface area contributed by atoms with E-state index in [9.17, 15) is 4.79 Å². The number of nitriles is 1.